The van der Waals surface area contributed by atoms with Crippen LogP contribution in [0.25, 0.3) is 0 Å². The van der Waals surface area contributed by atoms with E-state index in [0.29, 0.717) is 24.2 Å². The Kier molecular flexibility index (Phi) is 4.92. The fourth-order valence-corrected chi connectivity index (χ4v) is 2.99. The molecule has 0 radical (unpaired) electrons. The summed E-state index contributed by atoms with van der Waals surface area (Å²) >= 11 is 5.82. The number of aromatic nitrogens is 4. The lowest BCUT2D eigenvalue weighted by molar-refractivity contribution is -0.139. The third-order valence-electron chi connectivity index (χ3n) is 4.35. The number of hydrogen-bond acceptors (Lipinski definition) is 6. The normalized spacial score (nSPS) is 20.1. The van der Waals surface area contributed by atoms with Gasteiger partial charge in [-0.1, -0.05) is 16.8 Å². The SMILES string of the molecule is CC(C)(NC(=O)c1ccnc(Cl)c1)c1cn([C@@H]2CN[C@H](C(=O)O)C2)nn1. The van der Waals surface area contributed by atoms with Crippen LogP contribution in [0.15, 0.2) is 24.5 Å². The molecule has 0 unspecified atom stereocenters. The minimum Gasteiger partial charge on any atom is -0.480 e. The Bertz CT molecular complexity index is 837. The molecule has 1 aliphatic heterocycles. The molecule has 10 heteroatoms. The molecule has 0 aliphatic carbocycles. The number of carbonyl (C=O) groups is 2. The largest absolute Gasteiger partial charge is 0.480 e. The molecule has 2 aromatic heterocycles. The lowest BCUT2D eigenvalue weighted by atomic mass is 10.0. The zero-order chi connectivity index (χ0) is 18.9. The van der Waals surface area contributed by atoms with Crippen LogP contribution in [0.2, 0.25) is 5.15 Å². The first-order chi connectivity index (χ1) is 12.3. The molecular weight excluding hydrogens is 360 g/mol. The van der Waals surface area contributed by atoms with Gasteiger partial charge in [0.05, 0.1) is 17.8 Å². The quantitative estimate of drug-likeness (QED) is 0.663. The molecule has 1 fully saturated rings. The van der Waals surface area contributed by atoms with Gasteiger partial charge in [-0.15, -0.1) is 5.10 Å². The molecule has 9 nitrogen and oxygen atoms in total. The van der Waals surface area contributed by atoms with Crippen molar-refractivity contribution in [3.05, 3.63) is 40.9 Å². The van der Waals surface area contributed by atoms with Crippen LogP contribution in [0.4, 0.5) is 0 Å². The van der Waals surface area contributed by atoms with Crippen molar-refractivity contribution < 1.29 is 14.7 Å². The Labute approximate surface area is 154 Å². The van der Waals surface area contributed by atoms with E-state index in [-0.39, 0.29) is 17.1 Å². The van der Waals surface area contributed by atoms with Crippen molar-refractivity contribution >= 4 is 23.5 Å². The van der Waals surface area contributed by atoms with Gasteiger partial charge in [0.1, 0.15) is 16.9 Å². The fraction of sp³-hybridized carbons (Fsp3) is 0.438. The van der Waals surface area contributed by atoms with Crippen molar-refractivity contribution in [1.82, 2.24) is 30.6 Å². The average Bonchev–Trinajstić information content (AvgIpc) is 3.24. The minimum atomic E-state index is -0.878. The first-order valence-electron chi connectivity index (χ1n) is 8.09. The highest BCUT2D eigenvalue weighted by Gasteiger charge is 2.33. The number of amides is 1. The van der Waals surface area contributed by atoms with E-state index < -0.39 is 17.6 Å². The van der Waals surface area contributed by atoms with Gasteiger partial charge in [-0.3, -0.25) is 9.59 Å². The number of hydrogen-bond donors (Lipinski definition) is 3. The summed E-state index contributed by atoms with van der Waals surface area (Å²) in [5, 5.41) is 23.4. The second-order valence-electron chi connectivity index (χ2n) is 6.72. The van der Waals surface area contributed by atoms with Gasteiger partial charge in [0.15, 0.2) is 0 Å². The third-order valence-corrected chi connectivity index (χ3v) is 4.55. The summed E-state index contributed by atoms with van der Waals surface area (Å²) in [5.74, 6) is -1.18. The molecule has 1 amide bonds. The van der Waals surface area contributed by atoms with Gasteiger partial charge in [0, 0.05) is 18.3 Å². The number of pyridine rings is 1. The van der Waals surface area contributed by atoms with Gasteiger partial charge in [-0.25, -0.2) is 9.67 Å². The highest BCUT2D eigenvalue weighted by atomic mass is 35.5. The maximum absolute atomic E-state index is 12.4. The zero-order valence-electron chi connectivity index (χ0n) is 14.3. The van der Waals surface area contributed by atoms with Gasteiger partial charge in [0.25, 0.3) is 5.91 Å². The van der Waals surface area contributed by atoms with Crippen molar-refractivity contribution in [1.29, 1.82) is 0 Å². The predicted octanol–water partition coefficient (Wildman–Crippen LogP) is 0.979. The van der Waals surface area contributed by atoms with Crippen molar-refractivity contribution in [2.45, 2.75) is 37.9 Å². The van der Waals surface area contributed by atoms with Gasteiger partial charge < -0.3 is 15.7 Å². The highest BCUT2D eigenvalue weighted by molar-refractivity contribution is 6.29. The number of aliphatic carboxylic acids is 1. The molecule has 3 N–H and O–H groups in total. The van der Waals surface area contributed by atoms with Crippen LogP contribution in [0.5, 0.6) is 0 Å². The number of carbonyl (C=O) groups excluding carboxylic acids is 1. The second-order valence-corrected chi connectivity index (χ2v) is 7.11. The number of carboxylic acids is 1. The van der Waals surface area contributed by atoms with E-state index in [0.717, 1.165) is 0 Å². The monoisotopic (exact) mass is 378 g/mol. The second kappa shape index (κ2) is 7.00. The summed E-state index contributed by atoms with van der Waals surface area (Å²) in [7, 11) is 0. The van der Waals surface area contributed by atoms with Gasteiger partial charge in [0.2, 0.25) is 0 Å². The maximum Gasteiger partial charge on any atom is 0.320 e. The van der Waals surface area contributed by atoms with Gasteiger partial charge >= 0.3 is 5.97 Å². The molecule has 2 atom stereocenters. The molecule has 1 saturated heterocycles. The van der Waals surface area contributed by atoms with Gasteiger partial charge in [-0.05, 0) is 32.4 Å². The molecule has 1 aliphatic rings. The molecule has 2 aromatic rings. The maximum atomic E-state index is 12.4. The van der Waals surface area contributed by atoms with E-state index in [1.807, 2.05) is 13.8 Å². The minimum absolute atomic E-state index is 0.0946. The van der Waals surface area contributed by atoms with Crippen molar-refractivity contribution in [2.24, 2.45) is 0 Å². The summed E-state index contributed by atoms with van der Waals surface area (Å²) in [6.45, 7) is 4.13. The molecule has 0 aromatic carbocycles. The summed E-state index contributed by atoms with van der Waals surface area (Å²) in [5.41, 5.74) is 0.197. The summed E-state index contributed by atoms with van der Waals surface area (Å²) in [6, 6.07) is 2.38. The number of rotatable bonds is 5. The summed E-state index contributed by atoms with van der Waals surface area (Å²) in [4.78, 5) is 27.3. The lowest BCUT2D eigenvalue weighted by Crippen LogP contribution is -2.41. The van der Waals surface area contributed by atoms with E-state index in [1.165, 1.54) is 12.3 Å². The standard InChI is InChI=1S/C16H19ClN6O3/c1-16(2,20-14(24)9-3-4-18-13(17)5-9)12-8-23(22-21-12)10-6-11(15(25)26)19-7-10/h3-5,8,10-11,19H,6-7H2,1-2H3,(H,20,24)(H,25,26)/t10-,11-/m0/s1. The van der Waals surface area contributed by atoms with Crippen molar-refractivity contribution in [3.63, 3.8) is 0 Å². The summed E-state index contributed by atoms with van der Waals surface area (Å²) in [6.07, 6.45) is 3.63. The van der Waals surface area contributed by atoms with Crippen LogP contribution >= 0.6 is 11.6 Å². The Morgan fingerprint density at radius 1 is 1.46 bits per heavy atom. The van der Waals surface area contributed by atoms with Crippen LogP contribution in [0.3, 0.4) is 0 Å². The summed E-state index contributed by atoms with van der Waals surface area (Å²) < 4.78 is 1.64. The molecular formula is C16H19ClN6O3. The van der Waals surface area contributed by atoms with Crippen molar-refractivity contribution in [3.8, 4) is 0 Å². The smallest absolute Gasteiger partial charge is 0.320 e. The van der Waals surface area contributed by atoms with Gasteiger partial charge in [-0.2, -0.15) is 0 Å². The molecule has 26 heavy (non-hydrogen) atoms. The number of carboxylic acid groups (broad SMARTS) is 1. The molecule has 0 bridgehead atoms. The Morgan fingerprint density at radius 2 is 2.23 bits per heavy atom. The molecule has 3 rings (SSSR count). The van der Waals surface area contributed by atoms with E-state index in [4.69, 9.17) is 16.7 Å². The van der Waals surface area contributed by atoms with Crippen LogP contribution in [-0.2, 0) is 10.3 Å². The first-order valence-corrected chi connectivity index (χ1v) is 8.46. The predicted molar refractivity (Wildman–Crippen MR) is 92.8 cm³/mol. The van der Waals surface area contributed by atoms with E-state index in [1.54, 1.807) is 16.9 Å². The topological polar surface area (TPSA) is 122 Å². The van der Waals surface area contributed by atoms with Crippen LogP contribution in [0, 0.1) is 0 Å². The number of nitrogens with one attached hydrogen (secondary N) is 2. The average molecular weight is 379 g/mol. The Balaban J connectivity index is 1.71. The van der Waals surface area contributed by atoms with Crippen molar-refractivity contribution in [2.75, 3.05) is 6.54 Å². The highest BCUT2D eigenvalue weighted by Crippen LogP contribution is 2.23. The van der Waals surface area contributed by atoms with E-state index in [9.17, 15) is 9.59 Å². The van der Waals surface area contributed by atoms with Crippen LogP contribution < -0.4 is 10.6 Å². The lowest BCUT2D eigenvalue weighted by Gasteiger charge is -2.23. The zero-order valence-corrected chi connectivity index (χ0v) is 15.1. The van der Waals surface area contributed by atoms with E-state index in [2.05, 4.69) is 25.9 Å². The van der Waals surface area contributed by atoms with Crippen LogP contribution in [0.1, 0.15) is 42.4 Å². The first kappa shape index (κ1) is 18.3. The third kappa shape index (κ3) is 3.83. The molecule has 3 heterocycles. The fourth-order valence-electron chi connectivity index (χ4n) is 2.81. The Hall–Kier alpha value is -2.52. The Morgan fingerprint density at radius 3 is 2.88 bits per heavy atom. The molecule has 0 saturated carbocycles. The van der Waals surface area contributed by atoms with Crippen LogP contribution in [-0.4, -0.2) is 49.5 Å². The molecule has 0 spiro atoms. The number of nitrogens with zero attached hydrogens (tertiary/aromatic N) is 4. The molecule has 138 valence electrons. The van der Waals surface area contributed by atoms with E-state index >= 15 is 0 Å². The number of halogens is 1.